The predicted octanol–water partition coefficient (Wildman–Crippen LogP) is 3.40. The van der Waals surface area contributed by atoms with Crippen LogP contribution >= 0.6 is 15.9 Å². The first kappa shape index (κ1) is 17.0. The van der Waals surface area contributed by atoms with Gasteiger partial charge in [-0.2, -0.15) is 0 Å². The van der Waals surface area contributed by atoms with Crippen LogP contribution in [0.3, 0.4) is 0 Å². The summed E-state index contributed by atoms with van der Waals surface area (Å²) in [5, 5.41) is 9.23. The Labute approximate surface area is 139 Å². The van der Waals surface area contributed by atoms with Crippen LogP contribution in [0.2, 0.25) is 0 Å². The summed E-state index contributed by atoms with van der Waals surface area (Å²) >= 11 is 3.47. The number of likely N-dealkylation sites (tertiary alicyclic amines) is 1. The number of aryl methyl sites for hydroxylation is 2. The van der Waals surface area contributed by atoms with Crippen molar-refractivity contribution in [3.63, 3.8) is 0 Å². The highest BCUT2D eigenvalue weighted by molar-refractivity contribution is 9.10. The van der Waals surface area contributed by atoms with E-state index in [1.54, 1.807) is 4.90 Å². The molecule has 0 bridgehead atoms. The second-order valence-electron chi connectivity index (χ2n) is 6.00. The van der Waals surface area contributed by atoms with Crippen molar-refractivity contribution in [2.45, 2.75) is 45.6 Å². The van der Waals surface area contributed by atoms with E-state index in [0.29, 0.717) is 25.8 Å². The van der Waals surface area contributed by atoms with Crippen LogP contribution in [0.15, 0.2) is 22.7 Å². The molecule has 1 aromatic carbocycles. The van der Waals surface area contributed by atoms with E-state index >= 15 is 0 Å². The van der Waals surface area contributed by atoms with E-state index in [9.17, 15) is 14.7 Å². The van der Waals surface area contributed by atoms with Gasteiger partial charge in [-0.25, -0.2) is 0 Å². The molecule has 0 spiro atoms. The van der Waals surface area contributed by atoms with E-state index in [1.165, 1.54) is 0 Å². The summed E-state index contributed by atoms with van der Waals surface area (Å²) in [6.45, 7) is 4.54. The van der Waals surface area contributed by atoms with E-state index < -0.39 is 11.9 Å². The van der Waals surface area contributed by atoms with Gasteiger partial charge in [-0.15, -0.1) is 0 Å². The average molecular weight is 368 g/mol. The van der Waals surface area contributed by atoms with Crippen LogP contribution in [0.1, 0.15) is 37.3 Å². The lowest BCUT2D eigenvalue weighted by molar-refractivity contribution is -0.149. The highest BCUT2D eigenvalue weighted by atomic mass is 79.9. The second-order valence-corrected chi connectivity index (χ2v) is 6.85. The summed E-state index contributed by atoms with van der Waals surface area (Å²) in [5.41, 5.74) is 2.29. The van der Waals surface area contributed by atoms with Crippen LogP contribution in [0.5, 0.6) is 0 Å². The van der Waals surface area contributed by atoms with E-state index in [0.717, 1.165) is 22.0 Å². The maximum absolute atomic E-state index is 12.4. The molecule has 1 N–H and O–H groups in total. The molecule has 0 unspecified atom stereocenters. The number of aliphatic carboxylic acids is 1. The van der Waals surface area contributed by atoms with Crippen molar-refractivity contribution < 1.29 is 14.7 Å². The standard InChI is InChI=1S/C17H22BrNO3/c1-11-10-13(5-7-15(11)18)6-8-16(20)19-9-3-4-14(12(19)2)17(21)22/h5,7,10,12,14H,3-4,6,8-9H2,1-2H3,(H,21,22)/t12-,14-/m1/s1. The van der Waals surface area contributed by atoms with Gasteiger partial charge >= 0.3 is 5.97 Å². The first-order valence-electron chi connectivity index (χ1n) is 7.67. The third-order valence-corrected chi connectivity index (χ3v) is 5.37. The minimum Gasteiger partial charge on any atom is -0.481 e. The molecule has 0 aromatic heterocycles. The number of halogens is 1. The summed E-state index contributed by atoms with van der Waals surface area (Å²) in [6.07, 6.45) is 2.54. The zero-order valence-electron chi connectivity index (χ0n) is 13.0. The van der Waals surface area contributed by atoms with Crippen LogP contribution < -0.4 is 0 Å². The molecule has 4 nitrogen and oxygen atoms in total. The van der Waals surface area contributed by atoms with Gasteiger partial charge in [0, 0.05) is 23.5 Å². The summed E-state index contributed by atoms with van der Waals surface area (Å²) in [4.78, 5) is 25.4. The van der Waals surface area contributed by atoms with Crippen molar-refractivity contribution >= 4 is 27.8 Å². The van der Waals surface area contributed by atoms with Crippen LogP contribution in [0.25, 0.3) is 0 Å². The maximum atomic E-state index is 12.4. The fourth-order valence-corrected chi connectivity index (χ4v) is 3.33. The number of nitrogens with zero attached hydrogens (tertiary/aromatic N) is 1. The van der Waals surface area contributed by atoms with Crippen molar-refractivity contribution in [1.82, 2.24) is 4.90 Å². The molecular weight excluding hydrogens is 346 g/mol. The topological polar surface area (TPSA) is 57.6 Å². The summed E-state index contributed by atoms with van der Waals surface area (Å²) in [6, 6.07) is 5.88. The van der Waals surface area contributed by atoms with Gasteiger partial charge in [0.2, 0.25) is 5.91 Å². The van der Waals surface area contributed by atoms with Gasteiger partial charge in [-0.05, 0) is 50.3 Å². The van der Waals surface area contributed by atoms with Gasteiger partial charge in [0.25, 0.3) is 0 Å². The van der Waals surface area contributed by atoms with Crippen molar-refractivity contribution in [2.24, 2.45) is 5.92 Å². The van der Waals surface area contributed by atoms with Crippen LogP contribution in [0.4, 0.5) is 0 Å². The molecule has 1 saturated heterocycles. The van der Waals surface area contributed by atoms with Gasteiger partial charge in [0.1, 0.15) is 0 Å². The second kappa shape index (κ2) is 7.27. The minimum atomic E-state index is -0.798. The molecule has 1 aliphatic heterocycles. The van der Waals surface area contributed by atoms with Gasteiger partial charge < -0.3 is 10.0 Å². The summed E-state index contributed by atoms with van der Waals surface area (Å²) < 4.78 is 1.07. The lowest BCUT2D eigenvalue weighted by Crippen LogP contribution is -2.49. The number of carboxylic acids is 1. The minimum absolute atomic E-state index is 0.0546. The fourth-order valence-electron chi connectivity index (χ4n) is 3.08. The van der Waals surface area contributed by atoms with Gasteiger partial charge in [-0.1, -0.05) is 28.1 Å². The molecule has 22 heavy (non-hydrogen) atoms. The maximum Gasteiger partial charge on any atom is 0.308 e. The highest BCUT2D eigenvalue weighted by Crippen LogP contribution is 2.25. The number of hydrogen-bond donors (Lipinski definition) is 1. The monoisotopic (exact) mass is 367 g/mol. The Bertz CT molecular complexity index is 573. The van der Waals surface area contributed by atoms with E-state index in [-0.39, 0.29) is 11.9 Å². The average Bonchev–Trinajstić information content (AvgIpc) is 2.48. The molecule has 1 fully saturated rings. The third-order valence-electron chi connectivity index (χ3n) is 4.48. The third kappa shape index (κ3) is 3.88. The largest absolute Gasteiger partial charge is 0.481 e. The van der Waals surface area contributed by atoms with Crippen molar-refractivity contribution in [2.75, 3.05) is 6.54 Å². The zero-order valence-corrected chi connectivity index (χ0v) is 14.6. The first-order chi connectivity index (χ1) is 10.4. The van der Waals surface area contributed by atoms with E-state index in [4.69, 9.17) is 0 Å². The van der Waals surface area contributed by atoms with Crippen molar-refractivity contribution in [3.05, 3.63) is 33.8 Å². The Hall–Kier alpha value is -1.36. The molecule has 0 radical (unpaired) electrons. The summed E-state index contributed by atoms with van der Waals surface area (Å²) in [5.74, 6) is -1.18. The molecule has 0 saturated carbocycles. The molecule has 2 rings (SSSR count). The van der Waals surface area contributed by atoms with Crippen LogP contribution in [-0.4, -0.2) is 34.5 Å². The molecule has 2 atom stereocenters. The molecule has 1 amide bonds. The number of amides is 1. The highest BCUT2D eigenvalue weighted by Gasteiger charge is 2.34. The lowest BCUT2D eigenvalue weighted by Gasteiger charge is -2.37. The van der Waals surface area contributed by atoms with Crippen LogP contribution in [-0.2, 0) is 16.0 Å². The Morgan fingerprint density at radius 3 is 2.77 bits per heavy atom. The molecular formula is C17H22BrNO3. The smallest absolute Gasteiger partial charge is 0.308 e. The fraction of sp³-hybridized carbons (Fsp3) is 0.529. The van der Waals surface area contributed by atoms with E-state index in [2.05, 4.69) is 22.0 Å². The first-order valence-corrected chi connectivity index (χ1v) is 8.46. The van der Waals surface area contributed by atoms with Gasteiger partial charge in [-0.3, -0.25) is 9.59 Å². The molecule has 1 aliphatic rings. The number of hydrogen-bond acceptors (Lipinski definition) is 2. The molecule has 1 aromatic rings. The van der Waals surface area contributed by atoms with Gasteiger partial charge in [0.05, 0.1) is 5.92 Å². The molecule has 120 valence electrons. The zero-order chi connectivity index (χ0) is 16.3. The van der Waals surface area contributed by atoms with Crippen molar-refractivity contribution in [1.29, 1.82) is 0 Å². The quantitative estimate of drug-likeness (QED) is 0.886. The Balaban J connectivity index is 1.96. The Kier molecular flexibility index (Phi) is 5.62. The van der Waals surface area contributed by atoms with Gasteiger partial charge in [0.15, 0.2) is 0 Å². The number of rotatable bonds is 4. The van der Waals surface area contributed by atoms with Crippen molar-refractivity contribution in [3.8, 4) is 0 Å². The number of carbonyl (C=O) groups is 2. The van der Waals surface area contributed by atoms with Crippen LogP contribution in [0, 0.1) is 12.8 Å². The number of benzene rings is 1. The number of piperidine rings is 1. The molecule has 5 heteroatoms. The normalized spacial score (nSPS) is 21.7. The molecule has 1 heterocycles. The predicted molar refractivity (Wildman–Crippen MR) is 88.7 cm³/mol. The SMILES string of the molecule is Cc1cc(CCC(=O)N2CCC[C@@H](C(=O)O)[C@H]2C)ccc1Br. The lowest BCUT2D eigenvalue weighted by atomic mass is 9.90. The Morgan fingerprint density at radius 1 is 1.41 bits per heavy atom. The number of carbonyl (C=O) groups excluding carboxylic acids is 1. The number of carboxylic acid groups (broad SMARTS) is 1. The Morgan fingerprint density at radius 2 is 2.14 bits per heavy atom. The summed E-state index contributed by atoms with van der Waals surface area (Å²) in [7, 11) is 0. The van der Waals surface area contributed by atoms with E-state index in [1.807, 2.05) is 26.0 Å². The molecule has 0 aliphatic carbocycles.